The van der Waals surface area contributed by atoms with Crippen LogP contribution in [-0.4, -0.2) is 21.5 Å². The molecule has 2 rings (SSSR count). The van der Waals surface area contributed by atoms with E-state index in [2.05, 4.69) is 23.9 Å². The summed E-state index contributed by atoms with van der Waals surface area (Å²) in [6.45, 7) is 8.37. The molecule has 0 amide bonds. The summed E-state index contributed by atoms with van der Waals surface area (Å²) in [6, 6.07) is 1.81. The Bertz CT molecular complexity index is 562. The first-order chi connectivity index (χ1) is 9.94. The van der Waals surface area contributed by atoms with Gasteiger partial charge < -0.3 is 5.32 Å². The smallest absolute Gasteiger partial charge is 0.241 e. The molecule has 0 aliphatic heterocycles. The zero-order chi connectivity index (χ0) is 15.5. The Kier molecular flexibility index (Phi) is 5.82. The maximum absolute atomic E-state index is 12.4. The fourth-order valence-corrected chi connectivity index (χ4v) is 5.16. The van der Waals surface area contributed by atoms with E-state index in [1.54, 1.807) is 11.3 Å². The molecule has 0 spiro atoms. The van der Waals surface area contributed by atoms with Crippen molar-refractivity contribution in [3.63, 3.8) is 0 Å². The van der Waals surface area contributed by atoms with Gasteiger partial charge in [0.25, 0.3) is 0 Å². The summed E-state index contributed by atoms with van der Waals surface area (Å²) in [5.74, 6) is 1.15. The monoisotopic (exact) mass is 330 g/mol. The first-order valence-corrected chi connectivity index (χ1v) is 10.0. The van der Waals surface area contributed by atoms with Crippen molar-refractivity contribution < 1.29 is 8.42 Å². The van der Waals surface area contributed by atoms with E-state index in [0.717, 1.165) is 29.3 Å². The van der Waals surface area contributed by atoms with Crippen LogP contribution in [0, 0.1) is 18.8 Å². The van der Waals surface area contributed by atoms with E-state index in [1.807, 2.05) is 13.0 Å². The number of hydrogen-bond donors (Lipinski definition) is 2. The summed E-state index contributed by atoms with van der Waals surface area (Å²) in [5.41, 5.74) is 0. The van der Waals surface area contributed by atoms with Gasteiger partial charge in [-0.1, -0.05) is 13.8 Å². The van der Waals surface area contributed by atoms with Gasteiger partial charge in [0.2, 0.25) is 10.0 Å². The quantitative estimate of drug-likeness (QED) is 0.685. The lowest BCUT2D eigenvalue weighted by atomic mass is 10.1. The highest BCUT2D eigenvalue weighted by Gasteiger charge is 2.29. The van der Waals surface area contributed by atoms with Gasteiger partial charge in [0.1, 0.15) is 0 Å². The van der Waals surface area contributed by atoms with E-state index in [4.69, 9.17) is 0 Å². The average molecular weight is 331 g/mol. The Morgan fingerprint density at radius 3 is 2.76 bits per heavy atom. The highest BCUT2D eigenvalue weighted by molar-refractivity contribution is 7.89. The van der Waals surface area contributed by atoms with Gasteiger partial charge in [-0.3, -0.25) is 0 Å². The Morgan fingerprint density at radius 1 is 1.43 bits per heavy atom. The van der Waals surface area contributed by atoms with Gasteiger partial charge in [0.15, 0.2) is 0 Å². The number of sulfonamides is 1. The van der Waals surface area contributed by atoms with Crippen LogP contribution in [0.15, 0.2) is 11.0 Å². The molecule has 1 aliphatic carbocycles. The third-order valence-electron chi connectivity index (χ3n) is 3.96. The van der Waals surface area contributed by atoms with Crippen molar-refractivity contribution in [3.05, 3.63) is 15.8 Å². The van der Waals surface area contributed by atoms with E-state index < -0.39 is 10.0 Å². The molecule has 0 bridgehead atoms. The normalized spacial score (nSPS) is 17.1. The molecule has 0 saturated heterocycles. The SMILES string of the molecule is CCCNCc1cc(S(=O)(=O)NCC(C)C2CC2)c(C)s1. The second kappa shape index (κ2) is 7.22. The van der Waals surface area contributed by atoms with Gasteiger partial charge in [-0.05, 0) is 50.6 Å². The molecule has 0 radical (unpaired) electrons. The van der Waals surface area contributed by atoms with E-state index in [0.29, 0.717) is 23.3 Å². The van der Waals surface area contributed by atoms with Crippen molar-refractivity contribution in [3.8, 4) is 0 Å². The molecule has 1 heterocycles. The molecule has 4 nitrogen and oxygen atoms in total. The predicted octanol–water partition coefficient (Wildman–Crippen LogP) is 2.88. The molecule has 1 aromatic rings. The summed E-state index contributed by atoms with van der Waals surface area (Å²) in [5, 5.41) is 3.31. The first-order valence-electron chi connectivity index (χ1n) is 7.73. The molecular weight excluding hydrogens is 304 g/mol. The summed E-state index contributed by atoms with van der Waals surface area (Å²) < 4.78 is 27.6. The van der Waals surface area contributed by atoms with Crippen LogP contribution in [0.25, 0.3) is 0 Å². The lowest BCUT2D eigenvalue weighted by Crippen LogP contribution is -2.29. The van der Waals surface area contributed by atoms with Gasteiger partial charge in [-0.25, -0.2) is 13.1 Å². The lowest BCUT2D eigenvalue weighted by Gasteiger charge is -2.11. The molecule has 21 heavy (non-hydrogen) atoms. The molecule has 1 atom stereocenters. The molecule has 1 aliphatic rings. The Labute approximate surface area is 132 Å². The lowest BCUT2D eigenvalue weighted by molar-refractivity contribution is 0.492. The summed E-state index contributed by atoms with van der Waals surface area (Å²) in [7, 11) is -3.37. The summed E-state index contributed by atoms with van der Waals surface area (Å²) in [4.78, 5) is 2.40. The molecule has 2 N–H and O–H groups in total. The largest absolute Gasteiger partial charge is 0.312 e. The number of thiophene rings is 1. The van der Waals surface area contributed by atoms with E-state index in [9.17, 15) is 8.42 Å². The molecular formula is C15H26N2O2S2. The van der Waals surface area contributed by atoms with Crippen molar-refractivity contribution in [2.75, 3.05) is 13.1 Å². The standard InChI is InChI=1S/C15H26N2O2S2/c1-4-7-16-10-14-8-15(12(3)20-14)21(18,19)17-9-11(2)13-5-6-13/h8,11,13,16-17H,4-7,9-10H2,1-3H3. The summed E-state index contributed by atoms with van der Waals surface area (Å²) in [6.07, 6.45) is 3.57. The van der Waals surface area contributed by atoms with Crippen LogP contribution >= 0.6 is 11.3 Å². The van der Waals surface area contributed by atoms with Crippen LogP contribution in [0.3, 0.4) is 0 Å². The van der Waals surface area contributed by atoms with Gasteiger partial charge in [0, 0.05) is 22.8 Å². The minimum Gasteiger partial charge on any atom is -0.312 e. The molecule has 0 aromatic carbocycles. The van der Waals surface area contributed by atoms with Gasteiger partial charge in [0.05, 0.1) is 4.90 Å². The molecule has 6 heteroatoms. The Morgan fingerprint density at radius 2 is 2.14 bits per heavy atom. The van der Waals surface area contributed by atoms with Crippen LogP contribution in [0.1, 0.15) is 42.9 Å². The minimum atomic E-state index is -3.37. The Balaban J connectivity index is 1.97. The number of rotatable bonds is 9. The number of nitrogens with one attached hydrogen (secondary N) is 2. The van der Waals surface area contributed by atoms with Crippen molar-refractivity contribution in [2.45, 2.75) is 51.5 Å². The van der Waals surface area contributed by atoms with Gasteiger partial charge in [-0.2, -0.15) is 0 Å². The van der Waals surface area contributed by atoms with Gasteiger partial charge in [-0.15, -0.1) is 11.3 Å². The second-order valence-electron chi connectivity index (χ2n) is 5.98. The second-order valence-corrected chi connectivity index (χ2v) is 9.05. The van der Waals surface area contributed by atoms with Crippen molar-refractivity contribution >= 4 is 21.4 Å². The average Bonchev–Trinajstić information content (AvgIpc) is 3.20. The van der Waals surface area contributed by atoms with Crippen molar-refractivity contribution in [1.29, 1.82) is 0 Å². The van der Waals surface area contributed by atoms with Crippen molar-refractivity contribution in [2.24, 2.45) is 11.8 Å². The zero-order valence-corrected chi connectivity index (χ0v) is 14.7. The Hall–Kier alpha value is -0.430. The molecule has 1 fully saturated rings. The van der Waals surface area contributed by atoms with Crippen LogP contribution in [0.2, 0.25) is 0 Å². The molecule has 1 saturated carbocycles. The molecule has 1 unspecified atom stereocenters. The topological polar surface area (TPSA) is 58.2 Å². The molecule has 1 aromatic heterocycles. The third kappa shape index (κ3) is 4.77. The fraction of sp³-hybridized carbons (Fsp3) is 0.733. The highest BCUT2D eigenvalue weighted by atomic mass is 32.2. The summed E-state index contributed by atoms with van der Waals surface area (Å²) >= 11 is 1.56. The maximum atomic E-state index is 12.4. The number of hydrogen-bond acceptors (Lipinski definition) is 4. The van der Waals surface area contributed by atoms with E-state index >= 15 is 0 Å². The first kappa shape index (κ1) is 16.9. The van der Waals surface area contributed by atoms with Crippen LogP contribution in [0.5, 0.6) is 0 Å². The van der Waals surface area contributed by atoms with E-state index in [-0.39, 0.29) is 0 Å². The highest BCUT2D eigenvalue weighted by Crippen LogP contribution is 2.36. The fourth-order valence-electron chi connectivity index (χ4n) is 2.42. The van der Waals surface area contributed by atoms with Crippen LogP contribution in [-0.2, 0) is 16.6 Å². The minimum absolute atomic E-state index is 0.435. The van der Waals surface area contributed by atoms with Gasteiger partial charge >= 0.3 is 0 Å². The molecule has 120 valence electrons. The zero-order valence-electron chi connectivity index (χ0n) is 13.1. The van der Waals surface area contributed by atoms with Crippen LogP contribution in [0.4, 0.5) is 0 Å². The van der Waals surface area contributed by atoms with Crippen molar-refractivity contribution in [1.82, 2.24) is 10.0 Å². The predicted molar refractivity (Wildman–Crippen MR) is 88.1 cm³/mol. The maximum Gasteiger partial charge on any atom is 0.241 e. The van der Waals surface area contributed by atoms with Crippen LogP contribution < -0.4 is 10.0 Å². The third-order valence-corrected chi connectivity index (χ3v) is 6.69. The van der Waals surface area contributed by atoms with E-state index in [1.165, 1.54) is 12.8 Å². The number of aryl methyl sites for hydroxylation is 1.